The lowest BCUT2D eigenvalue weighted by atomic mass is 9.98. The van der Waals surface area contributed by atoms with E-state index in [1.165, 1.54) is 10.5 Å². The van der Waals surface area contributed by atoms with E-state index in [9.17, 15) is 18.0 Å². The largest absolute Gasteiger partial charge is 0.434 e. The van der Waals surface area contributed by atoms with E-state index in [2.05, 4.69) is 10.3 Å². The van der Waals surface area contributed by atoms with Gasteiger partial charge in [0.05, 0.1) is 11.6 Å². The van der Waals surface area contributed by atoms with Gasteiger partial charge in [-0.25, -0.2) is 4.98 Å². The molecule has 182 valence electrons. The van der Waals surface area contributed by atoms with Crippen molar-refractivity contribution in [3.8, 4) is 6.07 Å². The number of halogens is 3. The van der Waals surface area contributed by atoms with Crippen LogP contribution in [0.3, 0.4) is 0 Å². The van der Waals surface area contributed by atoms with Crippen LogP contribution in [-0.4, -0.2) is 27.3 Å². The number of rotatable bonds is 9. The van der Waals surface area contributed by atoms with Gasteiger partial charge in [-0.2, -0.15) is 18.4 Å². The number of nitrogens with two attached hydrogens (primary N) is 1. The summed E-state index contributed by atoms with van der Waals surface area (Å²) in [5, 5.41) is 12.2. The number of carbonyl (C=O) groups is 1. The van der Waals surface area contributed by atoms with E-state index in [1.54, 1.807) is 36.4 Å². The van der Waals surface area contributed by atoms with Crippen LogP contribution >= 0.6 is 0 Å². The highest BCUT2D eigenvalue weighted by molar-refractivity contribution is 5.96. The van der Waals surface area contributed by atoms with E-state index < -0.39 is 11.9 Å². The zero-order chi connectivity index (χ0) is 25.3. The van der Waals surface area contributed by atoms with Crippen molar-refractivity contribution in [2.24, 2.45) is 5.73 Å². The number of anilines is 1. The molecule has 2 atom stereocenters. The van der Waals surface area contributed by atoms with Crippen molar-refractivity contribution in [3.63, 3.8) is 0 Å². The summed E-state index contributed by atoms with van der Waals surface area (Å²) >= 11 is 0. The summed E-state index contributed by atoms with van der Waals surface area (Å²) in [4.78, 5) is 16.2. The maximum Gasteiger partial charge on any atom is 0.434 e. The molecule has 0 saturated carbocycles. The molecule has 3 N–H and O–H groups in total. The Morgan fingerprint density at radius 3 is 2.41 bits per heavy atom. The Balaban J connectivity index is 0.00000199. The maximum atomic E-state index is 13.1. The van der Waals surface area contributed by atoms with Crippen LogP contribution in [-0.2, 0) is 6.18 Å². The Morgan fingerprint density at radius 2 is 1.82 bits per heavy atom. The molecule has 0 bridgehead atoms. The Labute approximate surface area is 197 Å². The lowest BCUT2D eigenvalue weighted by Gasteiger charge is -2.21. The molecule has 3 aromatic rings. The smallest absolute Gasteiger partial charge is 0.368 e. The first-order valence-electron chi connectivity index (χ1n) is 11.3. The van der Waals surface area contributed by atoms with E-state index in [0.29, 0.717) is 36.2 Å². The molecule has 34 heavy (non-hydrogen) atoms. The number of imidazole rings is 1. The van der Waals surface area contributed by atoms with Gasteiger partial charge >= 0.3 is 6.18 Å². The molecule has 1 aromatic carbocycles. The summed E-state index contributed by atoms with van der Waals surface area (Å²) in [6.45, 7) is 5.88. The van der Waals surface area contributed by atoms with Crippen LogP contribution in [0.4, 0.5) is 19.0 Å². The number of carbonyl (C=O) groups excluding carboxylic acids is 1. The molecule has 6 nitrogen and oxygen atoms in total. The molecule has 2 aromatic heterocycles. The molecule has 0 spiro atoms. The van der Waals surface area contributed by atoms with Gasteiger partial charge in [0.25, 0.3) is 0 Å². The summed E-state index contributed by atoms with van der Waals surface area (Å²) in [7, 11) is 0. The van der Waals surface area contributed by atoms with Crippen molar-refractivity contribution in [1.82, 2.24) is 9.38 Å². The van der Waals surface area contributed by atoms with E-state index in [1.807, 2.05) is 26.8 Å². The molecule has 2 unspecified atom stereocenters. The van der Waals surface area contributed by atoms with Crippen LogP contribution in [0.15, 0.2) is 48.7 Å². The highest BCUT2D eigenvalue weighted by atomic mass is 19.4. The molecule has 2 heterocycles. The monoisotopic (exact) mass is 473 g/mol. The van der Waals surface area contributed by atoms with Gasteiger partial charge in [0.15, 0.2) is 11.5 Å². The standard InChI is InChI=1S/C23H24F3N5O.C2H6/c1-15(28)5-10-18(11-12-19(32)17-8-6-16(13-27)7-9-17)29-21-3-2-4-22-30-20(14-31(21)22)23(24,25)26;1-2/h2-4,6-9,14-15,18,29H,5,10-12,28H2,1H3;1-2H3. The molecule has 0 fully saturated rings. The number of nitrogens with zero attached hydrogens (tertiary/aromatic N) is 3. The number of nitrogens with one attached hydrogen (secondary N) is 1. The fourth-order valence-corrected chi connectivity index (χ4v) is 3.41. The second-order valence-electron chi connectivity index (χ2n) is 7.81. The normalized spacial score (nSPS) is 12.9. The van der Waals surface area contributed by atoms with Gasteiger partial charge in [0.2, 0.25) is 0 Å². The van der Waals surface area contributed by atoms with Crippen LogP contribution in [0.1, 0.15) is 68.1 Å². The topological polar surface area (TPSA) is 96.2 Å². The van der Waals surface area contributed by atoms with E-state index in [4.69, 9.17) is 11.0 Å². The number of hydrogen-bond acceptors (Lipinski definition) is 5. The van der Waals surface area contributed by atoms with Gasteiger partial charge in [-0.05, 0) is 50.5 Å². The molecule has 0 radical (unpaired) electrons. The van der Waals surface area contributed by atoms with Crippen LogP contribution < -0.4 is 11.1 Å². The van der Waals surface area contributed by atoms with Gasteiger partial charge in [-0.15, -0.1) is 0 Å². The number of nitriles is 1. The minimum Gasteiger partial charge on any atom is -0.368 e. The van der Waals surface area contributed by atoms with E-state index in [-0.39, 0.29) is 29.9 Å². The third kappa shape index (κ3) is 7.32. The highest BCUT2D eigenvalue weighted by Gasteiger charge is 2.34. The molecule has 0 aliphatic heterocycles. The van der Waals surface area contributed by atoms with Crippen molar-refractivity contribution < 1.29 is 18.0 Å². The lowest BCUT2D eigenvalue weighted by Crippen LogP contribution is -2.25. The van der Waals surface area contributed by atoms with E-state index in [0.717, 1.165) is 6.20 Å². The number of ketones is 1. The van der Waals surface area contributed by atoms with Gasteiger partial charge in [0.1, 0.15) is 11.5 Å². The molecular weight excluding hydrogens is 443 g/mol. The van der Waals surface area contributed by atoms with Crippen LogP contribution in [0.5, 0.6) is 0 Å². The summed E-state index contributed by atoms with van der Waals surface area (Å²) in [5.41, 5.74) is 6.10. The van der Waals surface area contributed by atoms with Gasteiger partial charge < -0.3 is 11.1 Å². The molecule has 3 rings (SSSR count). The first-order chi connectivity index (χ1) is 16.2. The zero-order valence-corrected chi connectivity index (χ0v) is 19.6. The number of Topliss-reactive ketones (excluding diaryl/α,β-unsaturated/α-hetero) is 1. The predicted octanol–water partition coefficient (Wildman–Crippen LogP) is 5.82. The number of benzene rings is 1. The molecule has 0 aliphatic carbocycles. The third-order valence-corrected chi connectivity index (χ3v) is 5.16. The minimum absolute atomic E-state index is 0.0469. The average molecular weight is 474 g/mol. The van der Waals surface area contributed by atoms with Crippen LogP contribution in [0, 0.1) is 11.3 Å². The van der Waals surface area contributed by atoms with Crippen molar-refractivity contribution in [2.75, 3.05) is 5.32 Å². The number of aromatic nitrogens is 2. The molecular formula is C25H30F3N5O. The third-order valence-electron chi connectivity index (χ3n) is 5.16. The zero-order valence-electron chi connectivity index (χ0n) is 19.6. The Kier molecular flexibility index (Phi) is 9.63. The Bertz CT molecular complexity index is 1110. The highest BCUT2D eigenvalue weighted by Crippen LogP contribution is 2.29. The summed E-state index contributed by atoms with van der Waals surface area (Å²) in [6, 6.07) is 13.0. The summed E-state index contributed by atoms with van der Waals surface area (Å²) < 4.78 is 40.6. The molecule has 9 heteroatoms. The quantitative estimate of drug-likeness (QED) is 0.382. The minimum atomic E-state index is -4.54. The van der Waals surface area contributed by atoms with Gasteiger partial charge in [0, 0.05) is 30.3 Å². The van der Waals surface area contributed by atoms with Crippen molar-refractivity contribution in [3.05, 3.63) is 65.5 Å². The first kappa shape index (κ1) is 26.9. The van der Waals surface area contributed by atoms with Crippen LogP contribution in [0.25, 0.3) is 5.65 Å². The Morgan fingerprint density at radius 1 is 1.15 bits per heavy atom. The number of hydrogen-bond donors (Lipinski definition) is 2. The van der Waals surface area contributed by atoms with Crippen LogP contribution in [0.2, 0.25) is 0 Å². The lowest BCUT2D eigenvalue weighted by molar-refractivity contribution is -0.140. The second kappa shape index (κ2) is 12.2. The average Bonchev–Trinajstić information content (AvgIpc) is 3.28. The number of fused-ring (bicyclic) bond motifs is 1. The first-order valence-corrected chi connectivity index (χ1v) is 11.3. The number of alkyl halides is 3. The fraction of sp³-hybridized carbons (Fsp3) is 0.400. The maximum absolute atomic E-state index is 13.1. The van der Waals surface area contributed by atoms with Gasteiger partial charge in [-0.3, -0.25) is 9.20 Å². The molecule has 0 amide bonds. The van der Waals surface area contributed by atoms with Crippen molar-refractivity contribution in [2.45, 2.75) is 64.7 Å². The summed E-state index contributed by atoms with van der Waals surface area (Å²) in [6.07, 6.45) is -1.52. The SMILES string of the molecule is CC.CC(N)CCC(CCC(=O)c1ccc(C#N)cc1)Nc1cccc2nc(C(F)(F)F)cn12. The van der Waals surface area contributed by atoms with Gasteiger partial charge in [-0.1, -0.05) is 32.0 Å². The van der Waals surface area contributed by atoms with E-state index >= 15 is 0 Å². The summed E-state index contributed by atoms with van der Waals surface area (Å²) in [5.74, 6) is 0.397. The Hall–Kier alpha value is -3.38. The van der Waals surface area contributed by atoms with Crippen molar-refractivity contribution >= 4 is 17.2 Å². The second-order valence-corrected chi connectivity index (χ2v) is 7.81. The fourth-order valence-electron chi connectivity index (χ4n) is 3.41. The number of pyridine rings is 1. The molecule has 0 aliphatic rings. The van der Waals surface area contributed by atoms with Crippen molar-refractivity contribution in [1.29, 1.82) is 5.26 Å². The predicted molar refractivity (Wildman–Crippen MR) is 127 cm³/mol. The molecule has 0 saturated heterocycles.